The molecule has 3 aromatic rings. The topological polar surface area (TPSA) is 63.9 Å². The first-order valence-corrected chi connectivity index (χ1v) is 8.42. The molecule has 0 bridgehead atoms. The molecule has 0 N–H and O–H groups in total. The molecule has 25 heavy (non-hydrogen) atoms. The second-order valence-corrected chi connectivity index (χ2v) is 6.40. The number of carbonyl (C=O) groups excluding carboxylic acids is 2. The maximum atomic E-state index is 12.4. The van der Waals surface area contributed by atoms with Crippen molar-refractivity contribution < 1.29 is 14.3 Å². The molecule has 0 aliphatic carbocycles. The number of nitrogens with zero attached hydrogens (tertiary/aromatic N) is 3. The summed E-state index contributed by atoms with van der Waals surface area (Å²) in [6, 6.07) is 14.4. The molecule has 0 saturated carbocycles. The van der Waals surface area contributed by atoms with E-state index in [4.69, 9.17) is 4.74 Å². The van der Waals surface area contributed by atoms with Crippen LogP contribution in [0.3, 0.4) is 0 Å². The Morgan fingerprint density at radius 1 is 1.28 bits per heavy atom. The van der Waals surface area contributed by atoms with Crippen LogP contribution in [-0.4, -0.2) is 29.0 Å². The number of hydrogen-bond acceptors (Lipinski definition) is 4. The lowest BCUT2D eigenvalue weighted by atomic mass is 10.2. The van der Waals surface area contributed by atoms with Gasteiger partial charge in [0.05, 0.1) is 23.9 Å². The van der Waals surface area contributed by atoms with E-state index in [0.717, 1.165) is 26.4 Å². The monoisotopic (exact) mass is 355 g/mol. The number of hydrogen-bond donors (Lipinski definition) is 0. The number of amides is 3. The zero-order chi connectivity index (χ0) is 17.8. The van der Waals surface area contributed by atoms with Crippen LogP contribution in [0.2, 0.25) is 0 Å². The average Bonchev–Trinajstić information content (AvgIpc) is 2.95. The summed E-state index contributed by atoms with van der Waals surface area (Å²) in [7, 11) is 3.44. The molecule has 128 valence electrons. The number of imide groups is 1. The van der Waals surface area contributed by atoms with Gasteiger partial charge in [0, 0.05) is 7.05 Å². The summed E-state index contributed by atoms with van der Waals surface area (Å²) < 4.78 is 7.99. The molecule has 0 atom stereocenters. The quantitative estimate of drug-likeness (QED) is 0.676. The molecule has 0 unspecified atom stereocenters. The number of ether oxygens (including phenoxy) is 1. The first-order valence-electron chi connectivity index (χ1n) is 7.60. The summed E-state index contributed by atoms with van der Waals surface area (Å²) in [6.07, 6.45) is 0.509. The van der Waals surface area contributed by atoms with Gasteiger partial charge in [-0.15, -0.1) is 0 Å². The number of rotatable bonds is 4. The fourth-order valence-electron chi connectivity index (χ4n) is 2.42. The van der Waals surface area contributed by atoms with Crippen LogP contribution < -0.4 is 9.54 Å². The fraction of sp³-hybridized carbons (Fsp3) is 0.167. The Balaban J connectivity index is 1.92. The van der Waals surface area contributed by atoms with E-state index in [0.29, 0.717) is 11.2 Å². The Bertz CT molecular complexity index is 976. The summed E-state index contributed by atoms with van der Waals surface area (Å²) >= 11 is 1.37. The van der Waals surface area contributed by atoms with Crippen molar-refractivity contribution in [2.75, 3.05) is 7.11 Å². The van der Waals surface area contributed by atoms with Gasteiger partial charge in [-0.25, -0.2) is 4.79 Å². The van der Waals surface area contributed by atoms with Crippen molar-refractivity contribution >= 4 is 34.0 Å². The van der Waals surface area contributed by atoms with Gasteiger partial charge in [0.15, 0.2) is 4.80 Å². The molecule has 3 rings (SSSR count). The van der Waals surface area contributed by atoms with Crippen molar-refractivity contribution in [2.45, 2.75) is 6.54 Å². The normalized spacial score (nSPS) is 11.5. The smallest absolute Gasteiger partial charge is 0.353 e. The van der Waals surface area contributed by atoms with Crippen molar-refractivity contribution in [1.29, 1.82) is 0 Å². The number of methoxy groups -OCH3 is 1. The minimum atomic E-state index is -0.590. The highest BCUT2D eigenvalue weighted by atomic mass is 32.1. The summed E-state index contributed by atoms with van der Waals surface area (Å²) in [4.78, 5) is 29.4. The molecular weight excluding hydrogens is 338 g/mol. The van der Waals surface area contributed by atoms with E-state index < -0.39 is 6.03 Å². The summed E-state index contributed by atoms with van der Waals surface area (Å²) in [5, 5.41) is 0. The predicted molar refractivity (Wildman–Crippen MR) is 96.4 cm³/mol. The van der Waals surface area contributed by atoms with Crippen LogP contribution in [0.1, 0.15) is 5.56 Å². The van der Waals surface area contributed by atoms with Gasteiger partial charge < -0.3 is 9.30 Å². The van der Waals surface area contributed by atoms with Crippen molar-refractivity contribution in [3.63, 3.8) is 0 Å². The van der Waals surface area contributed by atoms with E-state index in [-0.39, 0.29) is 6.54 Å². The maximum Gasteiger partial charge on any atom is 0.353 e. The number of carbonyl (C=O) groups is 2. The number of fused-ring (bicyclic) bond motifs is 1. The summed E-state index contributed by atoms with van der Waals surface area (Å²) in [5.41, 5.74) is 1.81. The van der Waals surface area contributed by atoms with E-state index >= 15 is 0 Å². The Kier molecular flexibility index (Phi) is 4.95. The van der Waals surface area contributed by atoms with Gasteiger partial charge in [-0.3, -0.25) is 9.69 Å². The molecule has 0 aliphatic rings. The van der Waals surface area contributed by atoms with Gasteiger partial charge >= 0.3 is 6.03 Å². The van der Waals surface area contributed by atoms with E-state index in [1.807, 2.05) is 60.1 Å². The molecule has 3 amide bonds. The Morgan fingerprint density at radius 2 is 2.04 bits per heavy atom. The second kappa shape index (κ2) is 7.31. The van der Waals surface area contributed by atoms with Crippen LogP contribution in [-0.2, 0) is 18.4 Å². The van der Waals surface area contributed by atoms with Crippen LogP contribution in [0.25, 0.3) is 10.2 Å². The van der Waals surface area contributed by atoms with Crippen molar-refractivity contribution in [1.82, 2.24) is 9.47 Å². The SMILES string of the molecule is COc1ccc2c(c1)s/c(=N/C(=O)N(C=O)Cc1ccccc1)n2C. The average molecular weight is 355 g/mol. The lowest BCUT2D eigenvalue weighted by Gasteiger charge is -2.12. The lowest BCUT2D eigenvalue weighted by molar-refractivity contribution is -0.115. The largest absolute Gasteiger partial charge is 0.497 e. The van der Waals surface area contributed by atoms with E-state index in [2.05, 4.69) is 4.99 Å². The zero-order valence-electron chi connectivity index (χ0n) is 13.9. The predicted octanol–water partition coefficient (Wildman–Crippen LogP) is 2.93. The number of aromatic nitrogens is 1. The highest BCUT2D eigenvalue weighted by molar-refractivity contribution is 7.16. The van der Waals surface area contributed by atoms with Gasteiger partial charge in [-0.2, -0.15) is 4.99 Å². The van der Waals surface area contributed by atoms with Gasteiger partial charge in [0.2, 0.25) is 6.41 Å². The number of benzene rings is 2. The Hall–Kier alpha value is -2.93. The van der Waals surface area contributed by atoms with Crippen molar-refractivity contribution in [3.05, 3.63) is 58.9 Å². The van der Waals surface area contributed by atoms with E-state index in [9.17, 15) is 9.59 Å². The number of aryl methyl sites for hydroxylation is 1. The van der Waals surface area contributed by atoms with Crippen LogP contribution >= 0.6 is 11.3 Å². The van der Waals surface area contributed by atoms with Crippen LogP contribution in [0.5, 0.6) is 5.75 Å². The first-order chi connectivity index (χ1) is 12.1. The lowest BCUT2D eigenvalue weighted by Crippen LogP contribution is -2.28. The van der Waals surface area contributed by atoms with Gasteiger partial charge in [0.1, 0.15) is 5.75 Å². The third-order valence-corrected chi connectivity index (χ3v) is 4.87. The molecule has 0 spiro atoms. The second-order valence-electron chi connectivity index (χ2n) is 5.39. The summed E-state index contributed by atoms with van der Waals surface area (Å²) in [6.45, 7) is 0.190. The molecule has 0 fully saturated rings. The molecule has 1 heterocycles. The Morgan fingerprint density at radius 3 is 2.72 bits per heavy atom. The minimum absolute atomic E-state index is 0.190. The molecule has 0 aliphatic heterocycles. The first kappa shape index (κ1) is 16.9. The maximum absolute atomic E-state index is 12.4. The van der Waals surface area contributed by atoms with Crippen molar-refractivity contribution in [2.24, 2.45) is 12.0 Å². The molecule has 0 saturated heterocycles. The summed E-state index contributed by atoms with van der Waals surface area (Å²) in [5.74, 6) is 0.742. The van der Waals surface area contributed by atoms with Crippen molar-refractivity contribution in [3.8, 4) is 5.75 Å². The van der Waals surface area contributed by atoms with Gasteiger partial charge in [-0.05, 0) is 23.8 Å². The van der Waals surface area contributed by atoms with Crippen LogP contribution in [0, 0.1) is 0 Å². The highest BCUT2D eigenvalue weighted by Crippen LogP contribution is 2.22. The van der Waals surface area contributed by atoms with E-state index in [1.165, 1.54) is 11.3 Å². The molecule has 7 heteroatoms. The zero-order valence-corrected chi connectivity index (χ0v) is 14.7. The molecule has 0 radical (unpaired) electrons. The van der Waals surface area contributed by atoms with Gasteiger partial charge in [0.25, 0.3) is 0 Å². The fourth-order valence-corrected chi connectivity index (χ4v) is 3.46. The van der Waals surface area contributed by atoms with Gasteiger partial charge in [-0.1, -0.05) is 41.7 Å². The third-order valence-electron chi connectivity index (χ3n) is 3.78. The third kappa shape index (κ3) is 3.61. The Labute approximate surface area is 148 Å². The van der Waals surface area contributed by atoms with E-state index in [1.54, 1.807) is 7.11 Å². The standard InChI is InChI=1S/C18H17N3O3S/c1-20-15-9-8-14(24-2)10-16(15)25-18(20)19-17(23)21(12-22)11-13-6-4-3-5-7-13/h3-10,12H,11H2,1-2H3/b19-18+. The molecule has 1 aromatic heterocycles. The van der Waals surface area contributed by atoms with Crippen LogP contribution in [0.15, 0.2) is 53.5 Å². The minimum Gasteiger partial charge on any atom is -0.497 e. The van der Waals surface area contributed by atoms with Crippen LogP contribution in [0.4, 0.5) is 4.79 Å². The number of urea groups is 1. The highest BCUT2D eigenvalue weighted by Gasteiger charge is 2.13. The molecule has 6 nitrogen and oxygen atoms in total. The number of thiazole rings is 1. The molecular formula is C18H17N3O3S. The molecule has 2 aromatic carbocycles.